The van der Waals surface area contributed by atoms with Crippen LogP contribution in [0.5, 0.6) is 0 Å². The Kier molecular flexibility index (Phi) is 8.84. The number of rotatable bonds is 4. The van der Waals surface area contributed by atoms with Gasteiger partial charge in [0.25, 0.3) is 0 Å². The molecule has 3 aliphatic carbocycles. The summed E-state index contributed by atoms with van der Waals surface area (Å²) in [6, 6.07) is 0. The van der Waals surface area contributed by atoms with Crippen molar-refractivity contribution in [1.29, 1.82) is 0 Å². The number of fused-ring (bicyclic) bond motifs is 3. The first-order valence-electron chi connectivity index (χ1n) is 15.6. The Morgan fingerprint density at radius 2 is 1.49 bits per heavy atom. The second-order valence-electron chi connectivity index (χ2n) is 15.6. The van der Waals surface area contributed by atoms with Gasteiger partial charge in [-0.05, 0) is 66.0 Å². The number of carbonyl (C=O) groups is 6. The van der Waals surface area contributed by atoms with Crippen molar-refractivity contribution in [3.05, 3.63) is 11.1 Å². The average Bonchev–Trinajstić information content (AvgIpc) is 3.21. The van der Waals surface area contributed by atoms with Crippen molar-refractivity contribution in [1.82, 2.24) is 0 Å². The zero-order valence-corrected chi connectivity index (χ0v) is 28.9. The van der Waals surface area contributed by atoms with Crippen molar-refractivity contribution >= 4 is 36.0 Å². The van der Waals surface area contributed by atoms with Crippen molar-refractivity contribution in [3.8, 4) is 0 Å². The SMILES string of the molecule is CC(=O)OC[C@]1(O)C(=O)CC[C@@]2(C)C(=O)[C@H](OC(=O)OC(C)(C)C)C3=C(C)[C@@H](OC(=O)OC(C)(C)C)C[C@]4(OC(=O)O[C@H]4[C@@H]21)C3(C)C. The van der Waals surface area contributed by atoms with E-state index in [0.29, 0.717) is 5.57 Å². The van der Waals surface area contributed by atoms with Gasteiger partial charge in [0, 0.05) is 30.6 Å². The summed E-state index contributed by atoms with van der Waals surface area (Å²) in [6.45, 7) is 16.4. The lowest BCUT2D eigenvalue weighted by molar-refractivity contribution is -0.215. The fourth-order valence-corrected chi connectivity index (χ4v) is 7.64. The van der Waals surface area contributed by atoms with E-state index in [-0.39, 0.29) is 24.8 Å². The van der Waals surface area contributed by atoms with E-state index in [0.717, 1.165) is 6.92 Å². The first-order chi connectivity index (χ1) is 21.3. The van der Waals surface area contributed by atoms with Gasteiger partial charge in [-0.2, -0.15) is 0 Å². The predicted octanol–water partition coefficient (Wildman–Crippen LogP) is 4.51. The van der Waals surface area contributed by atoms with Crippen LogP contribution in [0.25, 0.3) is 0 Å². The molecule has 1 saturated heterocycles. The quantitative estimate of drug-likeness (QED) is 0.251. The molecule has 2 bridgehead atoms. The van der Waals surface area contributed by atoms with Crippen molar-refractivity contribution in [3.63, 3.8) is 0 Å². The summed E-state index contributed by atoms with van der Waals surface area (Å²) < 4.78 is 39.4. The Hall–Kier alpha value is -3.68. The summed E-state index contributed by atoms with van der Waals surface area (Å²) in [4.78, 5) is 80.0. The van der Waals surface area contributed by atoms with E-state index in [2.05, 4.69) is 0 Å². The maximum Gasteiger partial charge on any atom is 0.509 e. The summed E-state index contributed by atoms with van der Waals surface area (Å²) in [7, 11) is 0. The molecule has 0 aromatic carbocycles. The Balaban J connectivity index is 2.03. The number of hydrogen-bond donors (Lipinski definition) is 1. The van der Waals surface area contributed by atoms with Gasteiger partial charge in [0.05, 0.1) is 5.92 Å². The highest BCUT2D eigenvalue weighted by Crippen LogP contribution is 2.64. The van der Waals surface area contributed by atoms with Gasteiger partial charge in [0.2, 0.25) is 0 Å². The summed E-state index contributed by atoms with van der Waals surface area (Å²) in [6.07, 6.45) is -8.55. The Labute approximate surface area is 273 Å². The smallest absolute Gasteiger partial charge is 0.462 e. The molecular weight excluding hydrogens is 620 g/mol. The second kappa shape index (κ2) is 11.5. The minimum absolute atomic E-state index is 0.138. The van der Waals surface area contributed by atoms with Crippen molar-refractivity contribution in [2.24, 2.45) is 16.7 Å². The lowest BCUT2D eigenvalue weighted by Crippen LogP contribution is -2.73. The van der Waals surface area contributed by atoms with E-state index in [1.807, 2.05) is 0 Å². The van der Waals surface area contributed by atoms with Gasteiger partial charge in [-0.3, -0.25) is 14.4 Å². The molecule has 47 heavy (non-hydrogen) atoms. The average molecular weight is 667 g/mol. The number of Topliss-reactive ketones (excluding diaryl/α,β-unsaturated/α-hetero) is 2. The molecule has 1 aliphatic heterocycles. The highest BCUT2D eigenvalue weighted by molar-refractivity contribution is 5.98. The van der Waals surface area contributed by atoms with Gasteiger partial charge in [-0.25, -0.2) is 14.4 Å². The molecule has 0 radical (unpaired) electrons. The van der Waals surface area contributed by atoms with E-state index in [1.54, 1.807) is 62.3 Å². The van der Waals surface area contributed by atoms with E-state index in [9.17, 15) is 33.9 Å². The predicted molar refractivity (Wildman–Crippen MR) is 160 cm³/mol. The lowest BCUT2D eigenvalue weighted by atomic mass is 9.46. The maximum absolute atomic E-state index is 15.0. The Morgan fingerprint density at radius 1 is 0.936 bits per heavy atom. The van der Waals surface area contributed by atoms with Crippen LogP contribution in [0.1, 0.15) is 95.4 Å². The molecule has 1 spiro atoms. The Morgan fingerprint density at radius 3 is 2.02 bits per heavy atom. The molecule has 0 amide bonds. The second-order valence-corrected chi connectivity index (χ2v) is 15.6. The van der Waals surface area contributed by atoms with E-state index >= 15 is 0 Å². The van der Waals surface area contributed by atoms with Gasteiger partial charge in [0.1, 0.15) is 23.9 Å². The van der Waals surface area contributed by atoms with Gasteiger partial charge in [-0.15, -0.1) is 0 Å². The molecule has 0 aromatic heterocycles. The highest BCUT2D eigenvalue weighted by Gasteiger charge is 2.77. The largest absolute Gasteiger partial charge is 0.509 e. The first kappa shape index (κ1) is 36.2. The van der Waals surface area contributed by atoms with Crippen LogP contribution in [-0.4, -0.2) is 88.4 Å². The molecule has 0 unspecified atom stereocenters. The topological polar surface area (TPSA) is 187 Å². The van der Waals surface area contributed by atoms with Crippen LogP contribution in [0.4, 0.5) is 14.4 Å². The zero-order valence-electron chi connectivity index (χ0n) is 28.9. The molecule has 0 aromatic rings. The summed E-state index contributed by atoms with van der Waals surface area (Å²) in [5.41, 5.74) is -8.96. The molecule has 14 heteroatoms. The minimum atomic E-state index is -2.54. The maximum atomic E-state index is 15.0. The fourth-order valence-electron chi connectivity index (χ4n) is 7.64. The lowest BCUT2D eigenvalue weighted by Gasteiger charge is -2.60. The fraction of sp³-hybridized carbons (Fsp3) is 0.758. The molecule has 3 fully saturated rings. The van der Waals surface area contributed by atoms with Crippen molar-refractivity contribution in [2.75, 3.05) is 6.61 Å². The number of hydrogen-bond acceptors (Lipinski definition) is 14. The van der Waals surface area contributed by atoms with Gasteiger partial charge < -0.3 is 38.3 Å². The molecule has 4 aliphatic rings. The van der Waals surface area contributed by atoms with Crippen molar-refractivity contribution < 1.29 is 67.0 Å². The van der Waals surface area contributed by atoms with E-state index in [1.165, 1.54) is 6.92 Å². The number of aliphatic hydroxyl groups is 1. The van der Waals surface area contributed by atoms with Crippen LogP contribution in [0.15, 0.2) is 11.1 Å². The third-order valence-corrected chi connectivity index (χ3v) is 9.72. The van der Waals surface area contributed by atoms with Crippen LogP contribution < -0.4 is 0 Å². The van der Waals surface area contributed by atoms with Crippen LogP contribution in [0.2, 0.25) is 0 Å². The molecule has 7 atom stereocenters. The van der Waals surface area contributed by atoms with Crippen LogP contribution >= 0.6 is 0 Å². The molecule has 1 N–H and O–H groups in total. The molecule has 14 nitrogen and oxygen atoms in total. The van der Waals surface area contributed by atoms with Crippen LogP contribution in [0.3, 0.4) is 0 Å². The van der Waals surface area contributed by atoms with Crippen LogP contribution in [-0.2, 0) is 47.5 Å². The molecule has 2 saturated carbocycles. The number of ketones is 2. The molecule has 4 rings (SSSR count). The summed E-state index contributed by atoms with van der Waals surface area (Å²) >= 11 is 0. The Bertz CT molecular complexity index is 1410. The van der Waals surface area contributed by atoms with Crippen molar-refractivity contribution in [2.45, 2.75) is 136 Å². The van der Waals surface area contributed by atoms with E-state index in [4.69, 9.17) is 33.2 Å². The van der Waals surface area contributed by atoms with E-state index < -0.39 is 100 Å². The number of ether oxygens (including phenoxy) is 7. The van der Waals surface area contributed by atoms with Gasteiger partial charge in [0.15, 0.2) is 35.0 Å². The molecule has 262 valence electrons. The summed E-state index contributed by atoms with van der Waals surface area (Å²) in [5.74, 6) is -3.86. The first-order valence-corrected chi connectivity index (χ1v) is 15.6. The minimum Gasteiger partial charge on any atom is -0.462 e. The highest BCUT2D eigenvalue weighted by atomic mass is 16.8. The molecular formula is C33H46O14. The number of esters is 1. The standard InChI is InChI=1S/C33H46O14/c1-16-18(42-25(37)45-28(3,4)5)14-33-24(44-27(39)47-33)22-31(11,13-12-19(35)32(22,40)15-41-17(2)34)23(36)21(20(16)30(33,9)10)43-26(38)46-29(6,7)8/h18,21-22,24,40H,12-15H2,1-11H3/t18-,21+,22-,24-,31+,32-,33+/m0/s1. The summed E-state index contributed by atoms with van der Waals surface area (Å²) in [5, 5.41) is 12.2. The van der Waals surface area contributed by atoms with Gasteiger partial charge >= 0.3 is 24.4 Å². The van der Waals surface area contributed by atoms with Crippen LogP contribution in [0, 0.1) is 16.7 Å². The number of carbonyl (C=O) groups excluding carboxylic acids is 6. The third-order valence-electron chi connectivity index (χ3n) is 9.72. The molecule has 1 heterocycles. The monoisotopic (exact) mass is 666 g/mol. The third kappa shape index (κ3) is 6.20. The zero-order chi connectivity index (χ0) is 35.7. The van der Waals surface area contributed by atoms with Gasteiger partial charge in [-0.1, -0.05) is 20.8 Å². The normalized spacial score (nSPS) is 34.9.